The van der Waals surface area contributed by atoms with Gasteiger partial charge in [0, 0.05) is 6.42 Å². The van der Waals surface area contributed by atoms with Gasteiger partial charge in [-0.15, -0.1) is 0 Å². The Bertz CT molecular complexity index is 1520. The van der Waals surface area contributed by atoms with Gasteiger partial charge in [-0.2, -0.15) is 0 Å². The molecular formula is C63H113NO13. The topological polar surface area (TPSA) is 228 Å². The van der Waals surface area contributed by atoms with Crippen LogP contribution in [0, 0.1) is 0 Å². The summed E-state index contributed by atoms with van der Waals surface area (Å²) in [4.78, 5) is 13.2. The zero-order chi connectivity index (χ0) is 56.0. The largest absolute Gasteiger partial charge is 0.394 e. The van der Waals surface area contributed by atoms with Crippen molar-refractivity contribution < 1.29 is 64.6 Å². The molecule has 0 aliphatic carbocycles. The Morgan fingerprint density at radius 3 is 1.36 bits per heavy atom. The van der Waals surface area contributed by atoms with E-state index in [1.54, 1.807) is 6.08 Å². The first-order valence-corrected chi connectivity index (χ1v) is 31.0. The smallest absolute Gasteiger partial charge is 0.220 e. The molecule has 0 bridgehead atoms. The van der Waals surface area contributed by atoms with Crippen molar-refractivity contribution in [2.24, 2.45) is 0 Å². The third-order valence-corrected chi connectivity index (χ3v) is 14.9. The molecule has 9 N–H and O–H groups in total. The number of unbranched alkanes of at least 4 members (excludes halogenated alkanes) is 28. The molecule has 0 aromatic rings. The summed E-state index contributed by atoms with van der Waals surface area (Å²) >= 11 is 0. The third-order valence-electron chi connectivity index (χ3n) is 14.9. The van der Waals surface area contributed by atoms with Crippen LogP contribution in [0.2, 0.25) is 0 Å². The molecule has 0 radical (unpaired) electrons. The van der Waals surface area contributed by atoms with E-state index in [9.17, 15) is 45.6 Å². The van der Waals surface area contributed by atoms with Crippen molar-refractivity contribution >= 4 is 5.91 Å². The number of hydrogen-bond donors (Lipinski definition) is 9. The average molecular weight is 1090 g/mol. The Morgan fingerprint density at radius 1 is 0.468 bits per heavy atom. The van der Waals surface area contributed by atoms with Crippen molar-refractivity contribution in [1.29, 1.82) is 0 Å². The molecule has 2 aliphatic rings. The fraction of sp³-hybridized carbons (Fsp3) is 0.825. The maximum absolute atomic E-state index is 13.2. The zero-order valence-electron chi connectivity index (χ0n) is 48.2. The molecule has 0 spiro atoms. The van der Waals surface area contributed by atoms with Gasteiger partial charge in [0.2, 0.25) is 5.91 Å². The minimum absolute atomic E-state index is 0.252. The lowest BCUT2D eigenvalue weighted by Crippen LogP contribution is -2.65. The first kappa shape index (κ1) is 70.8. The van der Waals surface area contributed by atoms with Gasteiger partial charge in [-0.1, -0.05) is 216 Å². The monoisotopic (exact) mass is 1090 g/mol. The summed E-state index contributed by atoms with van der Waals surface area (Å²) in [7, 11) is 0. The first-order valence-electron chi connectivity index (χ1n) is 31.0. The summed E-state index contributed by atoms with van der Waals surface area (Å²) in [5.74, 6) is -0.268. The van der Waals surface area contributed by atoms with E-state index in [4.69, 9.17) is 18.9 Å². The highest BCUT2D eigenvalue weighted by atomic mass is 16.7. The third kappa shape index (κ3) is 33.9. The summed E-state index contributed by atoms with van der Waals surface area (Å²) in [5, 5.41) is 87.1. The van der Waals surface area contributed by atoms with Gasteiger partial charge in [0.05, 0.1) is 32.0 Å². The molecule has 0 saturated carbocycles. The van der Waals surface area contributed by atoms with E-state index >= 15 is 0 Å². The van der Waals surface area contributed by atoms with E-state index in [0.29, 0.717) is 12.8 Å². The molecule has 77 heavy (non-hydrogen) atoms. The van der Waals surface area contributed by atoms with Crippen molar-refractivity contribution in [2.45, 2.75) is 312 Å². The van der Waals surface area contributed by atoms with E-state index in [1.807, 2.05) is 6.08 Å². The number of carbonyl (C=O) groups is 1. The molecule has 2 fully saturated rings. The predicted molar refractivity (Wildman–Crippen MR) is 309 cm³/mol. The number of carbonyl (C=O) groups excluding carboxylic acids is 1. The Hall–Kier alpha value is -2.31. The molecule has 0 aromatic carbocycles. The number of aliphatic hydroxyl groups is 8. The summed E-state index contributed by atoms with van der Waals surface area (Å²) in [6.07, 6.45) is 45.6. The second-order valence-corrected chi connectivity index (χ2v) is 21.8. The molecule has 448 valence electrons. The summed E-state index contributed by atoms with van der Waals surface area (Å²) in [5.41, 5.74) is 0. The highest BCUT2D eigenvalue weighted by molar-refractivity contribution is 5.76. The quantitative estimate of drug-likeness (QED) is 0.0204. The second kappa shape index (κ2) is 48.4. The lowest BCUT2D eigenvalue weighted by atomic mass is 9.97. The van der Waals surface area contributed by atoms with Gasteiger partial charge in [0.15, 0.2) is 12.6 Å². The maximum Gasteiger partial charge on any atom is 0.220 e. The lowest BCUT2D eigenvalue weighted by molar-refractivity contribution is -0.359. The van der Waals surface area contributed by atoms with Crippen molar-refractivity contribution in [3.63, 3.8) is 0 Å². The number of amides is 1. The highest BCUT2D eigenvalue weighted by Crippen LogP contribution is 2.30. The second-order valence-electron chi connectivity index (χ2n) is 21.8. The van der Waals surface area contributed by atoms with Gasteiger partial charge in [-0.25, -0.2) is 0 Å². The van der Waals surface area contributed by atoms with E-state index < -0.39 is 86.8 Å². The Morgan fingerprint density at radius 2 is 0.870 bits per heavy atom. The van der Waals surface area contributed by atoms with Crippen LogP contribution in [-0.2, 0) is 23.7 Å². The Balaban J connectivity index is 1.77. The van der Waals surface area contributed by atoms with E-state index in [2.05, 4.69) is 67.8 Å². The molecule has 2 rings (SSSR count). The van der Waals surface area contributed by atoms with Crippen LogP contribution in [0.5, 0.6) is 0 Å². The average Bonchev–Trinajstić information content (AvgIpc) is 3.44. The molecule has 2 saturated heterocycles. The van der Waals surface area contributed by atoms with Gasteiger partial charge in [-0.3, -0.25) is 4.79 Å². The Labute approximate surface area is 466 Å². The number of nitrogens with one attached hydrogen (secondary N) is 1. The minimum atomic E-state index is -1.80. The van der Waals surface area contributed by atoms with Crippen LogP contribution in [0.15, 0.2) is 60.8 Å². The SMILES string of the molecule is CCCCCC/C=C\C/C=C\CCCCCCCC(=O)NC(COC1OC(CO)C(OC2OC(CO)C(O)C(O)C2O)C(O)C1O)C(O)/C=C/CC/C=C/CC/C=C/CCCCCCCCCCCCCCCCCCC. The summed E-state index contributed by atoms with van der Waals surface area (Å²) < 4.78 is 22.7. The van der Waals surface area contributed by atoms with Crippen LogP contribution in [-0.4, -0.2) is 140 Å². The van der Waals surface area contributed by atoms with Gasteiger partial charge >= 0.3 is 0 Å². The van der Waals surface area contributed by atoms with Crippen molar-refractivity contribution in [1.82, 2.24) is 5.32 Å². The lowest BCUT2D eigenvalue weighted by Gasteiger charge is -2.46. The number of hydrogen-bond acceptors (Lipinski definition) is 13. The van der Waals surface area contributed by atoms with Crippen LogP contribution in [0.4, 0.5) is 0 Å². The number of ether oxygens (including phenoxy) is 4. The van der Waals surface area contributed by atoms with Gasteiger partial charge in [0.1, 0.15) is 48.8 Å². The van der Waals surface area contributed by atoms with E-state index in [0.717, 1.165) is 70.6 Å². The van der Waals surface area contributed by atoms with Crippen LogP contribution >= 0.6 is 0 Å². The van der Waals surface area contributed by atoms with Crippen LogP contribution in [0.25, 0.3) is 0 Å². The number of aliphatic hydroxyl groups excluding tert-OH is 8. The Kier molecular flexibility index (Phi) is 44.5. The summed E-state index contributed by atoms with van der Waals surface area (Å²) in [6, 6.07) is -0.948. The highest BCUT2D eigenvalue weighted by Gasteiger charge is 2.51. The van der Waals surface area contributed by atoms with Crippen LogP contribution in [0.1, 0.15) is 239 Å². The summed E-state index contributed by atoms with van der Waals surface area (Å²) in [6.45, 7) is 2.75. The van der Waals surface area contributed by atoms with Crippen LogP contribution < -0.4 is 5.32 Å². The molecule has 14 nitrogen and oxygen atoms in total. The predicted octanol–water partition coefficient (Wildman–Crippen LogP) is 10.9. The molecule has 12 atom stereocenters. The molecule has 1 amide bonds. The maximum atomic E-state index is 13.2. The van der Waals surface area contributed by atoms with Crippen molar-refractivity contribution in [3.05, 3.63) is 60.8 Å². The van der Waals surface area contributed by atoms with Gasteiger partial charge in [-0.05, 0) is 77.0 Å². The zero-order valence-corrected chi connectivity index (χ0v) is 48.2. The van der Waals surface area contributed by atoms with Gasteiger partial charge < -0.3 is 65.1 Å². The molecule has 12 unspecified atom stereocenters. The fourth-order valence-electron chi connectivity index (χ4n) is 9.88. The van der Waals surface area contributed by atoms with E-state index in [-0.39, 0.29) is 18.9 Å². The molecule has 2 heterocycles. The number of allylic oxidation sites excluding steroid dienone is 9. The minimum Gasteiger partial charge on any atom is -0.394 e. The molecule has 14 heteroatoms. The number of rotatable bonds is 49. The van der Waals surface area contributed by atoms with Crippen molar-refractivity contribution in [3.8, 4) is 0 Å². The standard InChI is InChI=1S/C63H113NO13/c1-3-5-7-9-11-13-15-17-19-21-22-23-24-25-26-27-28-29-30-31-32-34-36-38-40-42-44-46-52(67)51(64-55(68)47-45-43-41-39-37-35-33-20-18-16-14-12-10-8-6-4-2)50-74-62-60(73)58(71)61(54(49-66)76-62)77-63-59(72)57(70)56(69)53(48-65)75-63/h14,16,20,30-31,33,36,38,44,46,51-54,56-63,65-67,69-73H,3-13,15,17-19,21-29,32,34-35,37,39-43,45,47-50H2,1-2H3,(H,64,68)/b16-14-,31-30+,33-20-,38-36+,46-44+. The molecule has 2 aliphatic heterocycles. The normalized spacial score (nSPS) is 25.1. The van der Waals surface area contributed by atoms with Crippen molar-refractivity contribution in [2.75, 3.05) is 19.8 Å². The van der Waals surface area contributed by atoms with E-state index in [1.165, 1.54) is 135 Å². The first-order chi connectivity index (χ1) is 37.6. The fourth-order valence-corrected chi connectivity index (χ4v) is 9.88. The van der Waals surface area contributed by atoms with Crippen LogP contribution in [0.3, 0.4) is 0 Å². The van der Waals surface area contributed by atoms with Gasteiger partial charge in [0.25, 0.3) is 0 Å². The molecular weight excluding hydrogens is 979 g/mol. The molecule has 0 aromatic heterocycles.